The normalized spacial score (nSPS) is 16.6. The molecule has 0 spiro atoms. The number of aromatic amines is 1. The summed E-state index contributed by atoms with van der Waals surface area (Å²) in [5.74, 6) is -0.649. The summed E-state index contributed by atoms with van der Waals surface area (Å²) in [7, 11) is -3.14. The number of carbonyl (C=O) groups excluding carboxylic acids is 1. The molecule has 9 nitrogen and oxygen atoms in total. The molecule has 2 aromatic heterocycles. The van der Waals surface area contributed by atoms with Gasteiger partial charge in [-0.15, -0.1) is 0 Å². The van der Waals surface area contributed by atoms with E-state index >= 15 is 0 Å². The molecule has 0 atom stereocenters. The number of rotatable bonds is 4. The van der Waals surface area contributed by atoms with Gasteiger partial charge in [0.05, 0.1) is 22.5 Å². The molecule has 3 heterocycles. The number of nitrogens with zero attached hydrogens (tertiary/aromatic N) is 3. The topological polar surface area (TPSA) is 122 Å². The molecule has 3 rings (SSSR count). The zero-order chi connectivity index (χ0) is 20.6. The SMILES string of the molecule is CCCn1c(=O)[nH]c(=O)c2c(C(=O)N3CCS(=O)(=O)CC3)cc(C(C)C)nc21. The van der Waals surface area contributed by atoms with Crippen LogP contribution in [0.15, 0.2) is 15.7 Å². The van der Waals surface area contributed by atoms with Gasteiger partial charge in [-0.1, -0.05) is 20.8 Å². The first-order chi connectivity index (χ1) is 13.1. The summed E-state index contributed by atoms with van der Waals surface area (Å²) in [5, 5.41) is 0.0656. The third-order valence-electron chi connectivity index (χ3n) is 4.87. The molecule has 1 amide bonds. The van der Waals surface area contributed by atoms with Crippen molar-refractivity contribution >= 4 is 26.8 Å². The quantitative estimate of drug-likeness (QED) is 0.786. The van der Waals surface area contributed by atoms with Gasteiger partial charge in [-0.3, -0.25) is 19.1 Å². The average Bonchev–Trinajstić information content (AvgIpc) is 2.63. The van der Waals surface area contributed by atoms with Crippen LogP contribution in [0.4, 0.5) is 0 Å². The molecule has 0 aromatic carbocycles. The molecule has 1 aliphatic rings. The van der Waals surface area contributed by atoms with Crippen molar-refractivity contribution < 1.29 is 13.2 Å². The molecule has 1 saturated heterocycles. The van der Waals surface area contributed by atoms with E-state index in [0.29, 0.717) is 18.7 Å². The fourth-order valence-electron chi connectivity index (χ4n) is 3.27. The van der Waals surface area contributed by atoms with Crippen LogP contribution in [0.25, 0.3) is 11.0 Å². The first kappa shape index (κ1) is 20.2. The Morgan fingerprint density at radius 1 is 1.25 bits per heavy atom. The highest BCUT2D eigenvalue weighted by atomic mass is 32.2. The van der Waals surface area contributed by atoms with Gasteiger partial charge >= 0.3 is 5.69 Å². The molecule has 0 radical (unpaired) electrons. The lowest BCUT2D eigenvalue weighted by Crippen LogP contribution is -2.44. The average molecular weight is 408 g/mol. The number of H-pyrrole nitrogens is 1. The minimum Gasteiger partial charge on any atom is -0.337 e. The highest BCUT2D eigenvalue weighted by Gasteiger charge is 2.28. The van der Waals surface area contributed by atoms with Crippen molar-refractivity contribution in [3.63, 3.8) is 0 Å². The molecule has 1 aliphatic heterocycles. The van der Waals surface area contributed by atoms with Crippen molar-refractivity contribution in [3.8, 4) is 0 Å². The number of sulfone groups is 1. The van der Waals surface area contributed by atoms with Gasteiger partial charge in [-0.2, -0.15) is 0 Å². The number of hydrogen-bond acceptors (Lipinski definition) is 6. The van der Waals surface area contributed by atoms with Gasteiger partial charge < -0.3 is 4.90 Å². The molecule has 0 bridgehead atoms. The standard InChI is InChI=1S/C18H24N4O5S/c1-4-5-22-15-14(16(23)20-18(22)25)12(10-13(19-15)11(2)3)17(24)21-6-8-28(26,27)9-7-21/h10-11H,4-9H2,1-3H3,(H,20,23,25). The number of nitrogens with one attached hydrogen (secondary N) is 1. The van der Waals surface area contributed by atoms with Crippen molar-refractivity contribution in [2.75, 3.05) is 24.6 Å². The van der Waals surface area contributed by atoms with Crippen molar-refractivity contribution in [3.05, 3.63) is 38.2 Å². The summed E-state index contributed by atoms with van der Waals surface area (Å²) >= 11 is 0. The number of fused-ring (bicyclic) bond motifs is 1. The van der Waals surface area contributed by atoms with Crippen LogP contribution >= 0.6 is 0 Å². The molecule has 10 heteroatoms. The van der Waals surface area contributed by atoms with Crippen LogP contribution in [0.3, 0.4) is 0 Å². The van der Waals surface area contributed by atoms with Crippen molar-refractivity contribution in [1.82, 2.24) is 19.4 Å². The van der Waals surface area contributed by atoms with Crippen LogP contribution in [0, 0.1) is 0 Å². The minimum atomic E-state index is -3.14. The van der Waals surface area contributed by atoms with Gasteiger partial charge in [0.2, 0.25) is 0 Å². The van der Waals surface area contributed by atoms with E-state index in [1.807, 2.05) is 20.8 Å². The summed E-state index contributed by atoms with van der Waals surface area (Å²) in [5.41, 5.74) is -0.289. The zero-order valence-electron chi connectivity index (χ0n) is 16.2. The summed E-state index contributed by atoms with van der Waals surface area (Å²) in [6, 6.07) is 1.58. The van der Waals surface area contributed by atoms with Gasteiger partial charge in [0.25, 0.3) is 11.5 Å². The summed E-state index contributed by atoms with van der Waals surface area (Å²) in [4.78, 5) is 46.2. The lowest BCUT2D eigenvalue weighted by atomic mass is 10.0. The van der Waals surface area contributed by atoms with Gasteiger partial charge in [0, 0.05) is 25.3 Å². The number of hydrogen-bond donors (Lipinski definition) is 1. The van der Waals surface area contributed by atoms with Gasteiger partial charge in [0.1, 0.15) is 0 Å². The fraction of sp³-hybridized carbons (Fsp3) is 0.556. The Hall–Kier alpha value is -2.49. The van der Waals surface area contributed by atoms with Crippen LogP contribution in [-0.4, -0.2) is 58.4 Å². The second-order valence-corrected chi connectivity index (χ2v) is 9.61. The zero-order valence-corrected chi connectivity index (χ0v) is 17.0. The Morgan fingerprint density at radius 3 is 2.46 bits per heavy atom. The van der Waals surface area contributed by atoms with Crippen LogP contribution in [-0.2, 0) is 16.4 Å². The molecule has 0 aliphatic carbocycles. The number of aromatic nitrogens is 3. The van der Waals surface area contributed by atoms with E-state index in [1.165, 1.54) is 9.47 Å². The molecule has 1 N–H and O–H groups in total. The van der Waals surface area contributed by atoms with Crippen LogP contribution < -0.4 is 11.2 Å². The second-order valence-electron chi connectivity index (χ2n) is 7.30. The smallest absolute Gasteiger partial charge is 0.329 e. The van der Waals surface area contributed by atoms with E-state index in [9.17, 15) is 22.8 Å². The van der Waals surface area contributed by atoms with E-state index in [-0.39, 0.29) is 47.1 Å². The summed E-state index contributed by atoms with van der Waals surface area (Å²) < 4.78 is 24.7. The van der Waals surface area contributed by atoms with Crippen molar-refractivity contribution in [2.24, 2.45) is 0 Å². The maximum Gasteiger partial charge on any atom is 0.329 e. The number of pyridine rings is 1. The number of carbonyl (C=O) groups is 1. The lowest BCUT2D eigenvalue weighted by molar-refractivity contribution is 0.0772. The molecule has 2 aromatic rings. The first-order valence-electron chi connectivity index (χ1n) is 9.32. The molecular formula is C18H24N4O5S. The fourth-order valence-corrected chi connectivity index (χ4v) is 4.48. The van der Waals surface area contributed by atoms with Crippen LogP contribution in [0.1, 0.15) is 49.2 Å². The molecule has 1 fully saturated rings. The number of aryl methyl sites for hydroxylation is 1. The van der Waals surface area contributed by atoms with Crippen LogP contribution in [0.5, 0.6) is 0 Å². The lowest BCUT2D eigenvalue weighted by Gasteiger charge is -2.27. The van der Waals surface area contributed by atoms with Crippen molar-refractivity contribution in [1.29, 1.82) is 0 Å². The van der Waals surface area contributed by atoms with Crippen LogP contribution in [0.2, 0.25) is 0 Å². The Kier molecular flexibility index (Phi) is 5.42. The van der Waals surface area contributed by atoms with E-state index < -0.39 is 27.0 Å². The number of amides is 1. The summed E-state index contributed by atoms with van der Waals surface area (Å²) in [6.45, 7) is 6.23. The summed E-state index contributed by atoms with van der Waals surface area (Å²) in [6.07, 6.45) is 0.655. The molecule has 152 valence electrons. The molecule has 28 heavy (non-hydrogen) atoms. The van der Waals surface area contributed by atoms with Crippen molar-refractivity contribution in [2.45, 2.75) is 39.7 Å². The maximum atomic E-state index is 13.2. The van der Waals surface area contributed by atoms with Gasteiger partial charge in [-0.25, -0.2) is 18.2 Å². The predicted molar refractivity (Wildman–Crippen MR) is 106 cm³/mol. The predicted octanol–water partition coefficient (Wildman–Crippen LogP) is 0.489. The molecular weight excluding hydrogens is 384 g/mol. The Balaban J connectivity index is 2.23. The third-order valence-corrected chi connectivity index (χ3v) is 6.48. The highest BCUT2D eigenvalue weighted by molar-refractivity contribution is 7.91. The molecule has 0 saturated carbocycles. The third kappa shape index (κ3) is 3.73. The van der Waals surface area contributed by atoms with Gasteiger partial charge in [0.15, 0.2) is 15.5 Å². The van der Waals surface area contributed by atoms with E-state index in [1.54, 1.807) is 6.07 Å². The maximum absolute atomic E-state index is 13.2. The monoisotopic (exact) mass is 408 g/mol. The van der Waals surface area contributed by atoms with E-state index in [4.69, 9.17) is 0 Å². The Bertz CT molecular complexity index is 1130. The highest BCUT2D eigenvalue weighted by Crippen LogP contribution is 2.22. The van der Waals surface area contributed by atoms with Gasteiger partial charge in [-0.05, 0) is 18.4 Å². The largest absolute Gasteiger partial charge is 0.337 e. The van der Waals surface area contributed by atoms with E-state index in [2.05, 4.69) is 9.97 Å². The first-order valence-corrected chi connectivity index (χ1v) is 11.1. The Labute approximate surface area is 162 Å². The minimum absolute atomic E-state index is 0.0258. The molecule has 0 unspecified atom stereocenters. The Morgan fingerprint density at radius 2 is 1.89 bits per heavy atom. The second kappa shape index (κ2) is 7.50. The van der Waals surface area contributed by atoms with E-state index in [0.717, 1.165) is 0 Å².